The summed E-state index contributed by atoms with van der Waals surface area (Å²) in [7, 11) is 0. The van der Waals surface area contributed by atoms with Crippen molar-refractivity contribution in [3.05, 3.63) is 21.8 Å². The number of Topliss-reactive ketones (excluding diaryl/α,β-unsaturated/α-hetero) is 1. The molecule has 1 aromatic heterocycles. The Kier molecular flexibility index (Phi) is 2.07. The fourth-order valence-corrected chi connectivity index (χ4v) is 1.66. The molecule has 0 unspecified atom stereocenters. The molecule has 0 aliphatic carbocycles. The van der Waals surface area contributed by atoms with Gasteiger partial charge in [-0.15, -0.1) is 0 Å². The summed E-state index contributed by atoms with van der Waals surface area (Å²) in [6.07, 6.45) is 2.11. The normalized spacial score (nSPS) is 15.1. The van der Waals surface area contributed by atoms with Crippen LogP contribution < -0.4 is 4.74 Å². The second kappa shape index (κ2) is 3.10. The fraction of sp³-hybridized carbons (Fsp3) is 0.333. The Bertz CT molecular complexity index is 376. The summed E-state index contributed by atoms with van der Waals surface area (Å²) in [5.41, 5.74) is 1.54. The van der Waals surface area contributed by atoms with Crippen LogP contribution in [0.3, 0.4) is 0 Å². The summed E-state index contributed by atoms with van der Waals surface area (Å²) >= 11 is 3.33. The summed E-state index contributed by atoms with van der Waals surface area (Å²) in [6.45, 7) is 2.33. The second-order valence-electron chi connectivity index (χ2n) is 2.93. The van der Waals surface area contributed by atoms with Gasteiger partial charge in [0.1, 0.15) is 0 Å². The number of ether oxygens (including phenoxy) is 1. The van der Waals surface area contributed by atoms with Gasteiger partial charge in [-0.3, -0.25) is 4.79 Å². The molecule has 3 nitrogen and oxygen atoms in total. The minimum Gasteiger partial charge on any atom is -0.477 e. The van der Waals surface area contributed by atoms with Crippen LogP contribution in [-0.2, 0) is 0 Å². The lowest BCUT2D eigenvalue weighted by Crippen LogP contribution is -2.17. The highest BCUT2D eigenvalue weighted by molar-refractivity contribution is 9.10. The van der Waals surface area contributed by atoms with E-state index in [4.69, 9.17) is 4.74 Å². The van der Waals surface area contributed by atoms with Gasteiger partial charge < -0.3 is 4.74 Å². The quantitative estimate of drug-likeness (QED) is 0.699. The van der Waals surface area contributed by atoms with Crippen LogP contribution in [0.1, 0.15) is 22.3 Å². The third kappa shape index (κ3) is 1.35. The number of rotatable bonds is 0. The molecule has 0 amide bonds. The van der Waals surface area contributed by atoms with Crippen LogP contribution in [0.2, 0.25) is 0 Å². The maximum atomic E-state index is 11.5. The monoisotopic (exact) mass is 241 g/mol. The molecule has 2 rings (SSSR count). The van der Waals surface area contributed by atoms with Crippen molar-refractivity contribution < 1.29 is 9.53 Å². The van der Waals surface area contributed by atoms with E-state index in [2.05, 4.69) is 20.9 Å². The molecule has 0 saturated heterocycles. The summed E-state index contributed by atoms with van der Waals surface area (Å²) in [5, 5.41) is 0. The Balaban J connectivity index is 2.65. The average Bonchev–Trinajstić information content (AvgIpc) is 2.12. The molecule has 4 heteroatoms. The molecule has 0 bridgehead atoms. The van der Waals surface area contributed by atoms with Gasteiger partial charge in [0, 0.05) is 17.1 Å². The lowest BCUT2D eigenvalue weighted by molar-refractivity contribution is 0.0928. The van der Waals surface area contributed by atoms with Crippen LogP contribution in [0.4, 0.5) is 0 Å². The lowest BCUT2D eigenvalue weighted by atomic mass is 10.0. The van der Waals surface area contributed by atoms with E-state index in [9.17, 15) is 4.79 Å². The highest BCUT2D eigenvalue weighted by atomic mass is 79.9. The molecule has 2 heterocycles. The first kappa shape index (κ1) is 8.69. The van der Waals surface area contributed by atoms with Gasteiger partial charge in [0.2, 0.25) is 5.88 Å². The van der Waals surface area contributed by atoms with Crippen LogP contribution in [0.15, 0.2) is 10.7 Å². The van der Waals surface area contributed by atoms with Crippen LogP contribution >= 0.6 is 15.9 Å². The third-order valence-electron chi connectivity index (χ3n) is 2.09. The number of carbonyl (C=O) groups excluding carboxylic acids is 1. The number of hydrogen-bond acceptors (Lipinski definition) is 3. The van der Waals surface area contributed by atoms with Crippen molar-refractivity contribution in [1.29, 1.82) is 0 Å². The zero-order valence-corrected chi connectivity index (χ0v) is 8.72. The van der Waals surface area contributed by atoms with Gasteiger partial charge in [-0.1, -0.05) is 0 Å². The van der Waals surface area contributed by atoms with Gasteiger partial charge in [-0.2, -0.15) is 0 Å². The molecule has 1 aromatic rings. The molecular formula is C9H8BrNO2. The van der Waals surface area contributed by atoms with E-state index in [0.717, 1.165) is 10.0 Å². The largest absolute Gasteiger partial charge is 0.477 e. The van der Waals surface area contributed by atoms with Gasteiger partial charge in [0.05, 0.1) is 12.2 Å². The van der Waals surface area contributed by atoms with E-state index in [0.29, 0.717) is 24.5 Å². The Morgan fingerprint density at radius 2 is 2.38 bits per heavy atom. The van der Waals surface area contributed by atoms with Crippen molar-refractivity contribution >= 4 is 21.7 Å². The van der Waals surface area contributed by atoms with Crippen LogP contribution in [0.25, 0.3) is 0 Å². The maximum absolute atomic E-state index is 11.5. The number of hydrogen-bond donors (Lipinski definition) is 0. The first-order chi connectivity index (χ1) is 6.20. The molecule has 1 aliphatic rings. The SMILES string of the molecule is Cc1c(Br)cnc2c1C(=O)CCO2. The van der Waals surface area contributed by atoms with E-state index in [1.807, 2.05) is 6.92 Å². The Hall–Kier alpha value is -0.900. The highest BCUT2D eigenvalue weighted by Crippen LogP contribution is 2.29. The minimum absolute atomic E-state index is 0.118. The number of ketones is 1. The molecule has 0 fully saturated rings. The van der Waals surface area contributed by atoms with Crippen molar-refractivity contribution in [2.75, 3.05) is 6.61 Å². The molecule has 0 radical (unpaired) electrons. The molecular weight excluding hydrogens is 234 g/mol. The van der Waals surface area contributed by atoms with E-state index >= 15 is 0 Å². The van der Waals surface area contributed by atoms with Crippen molar-refractivity contribution in [3.63, 3.8) is 0 Å². The number of fused-ring (bicyclic) bond motifs is 1. The van der Waals surface area contributed by atoms with Crippen molar-refractivity contribution in [2.24, 2.45) is 0 Å². The molecule has 0 N–H and O–H groups in total. The van der Waals surface area contributed by atoms with Crippen molar-refractivity contribution in [1.82, 2.24) is 4.98 Å². The Morgan fingerprint density at radius 1 is 1.62 bits per heavy atom. The minimum atomic E-state index is 0.118. The number of halogens is 1. The zero-order chi connectivity index (χ0) is 9.42. The number of nitrogens with zero attached hydrogens (tertiary/aromatic N) is 1. The smallest absolute Gasteiger partial charge is 0.224 e. The summed E-state index contributed by atoms with van der Waals surface area (Å²) in [6, 6.07) is 0. The average molecular weight is 242 g/mol. The van der Waals surface area contributed by atoms with Gasteiger partial charge >= 0.3 is 0 Å². The number of carbonyl (C=O) groups is 1. The van der Waals surface area contributed by atoms with Gasteiger partial charge in [0.25, 0.3) is 0 Å². The fourth-order valence-electron chi connectivity index (χ4n) is 1.36. The van der Waals surface area contributed by atoms with E-state index in [1.54, 1.807) is 6.20 Å². The number of pyridine rings is 1. The molecule has 0 atom stereocenters. The van der Waals surface area contributed by atoms with Crippen LogP contribution in [0.5, 0.6) is 5.88 Å². The molecule has 0 saturated carbocycles. The topological polar surface area (TPSA) is 39.2 Å². The number of aromatic nitrogens is 1. The molecule has 1 aliphatic heterocycles. The summed E-state index contributed by atoms with van der Waals surface area (Å²) < 4.78 is 6.13. The van der Waals surface area contributed by atoms with Crippen molar-refractivity contribution in [3.8, 4) is 5.88 Å². The van der Waals surface area contributed by atoms with Gasteiger partial charge in [-0.25, -0.2) is 4.98 Å². The van der Waals surface area contributed by atoms with Gasteiger partial charge in [-0.05, 0) is 28.4 Å². The Morgan fingerprint density at radius 3 is 3.15 bits per heavy atom. The second-order valence-corrected chi connectivity index (χ2v) is 3.79. The molecule has 0 aromatic carbocycles. The molecule has 13 heavy (non-hydrogen) atoms. The maximum Gasteiger partial charge on any atom is 0.224 e. The molecule has 68 valence electrons. The molecule has 0 spiro atoms. The highest BCUT2D eigenvalue weighted by Gasteiger charge is 2.22. The summed E-state index contributed by atoms with van der Waals surface area (Å²) in [5.74, 6) is 0.588. The predicted octanol–water partition coefficient (Wildman–Crippen LogP) is 2.12. The van der Waals surface area contributed by atoms with Crippen LogP contribution in [-0.4, -0.2) is 17.4 Å². The summed E-state index contributed by atoms with van der Waals surface area (Å²) in [4.78, 5) is 15.6. The zero-order valence-electron chi connectivity index (χ0n) is 7.13. The van der Waals surface area contributed by atoms with Crippen LogP contribution in [0, 0.1) is 6.92 Å². The first-order valence-corrected chi connectivity index (χ1v) is 4.80. The van der Waals surface area contributed by atoms with Crippen molar-refractivity contribution in [2.45, 2.75) is 13.3 Å². The van der Waals surface area contributed by atoms with E-state index < -0.39 is 0 Å². The third-order valence-corrected chi connectivity index (χ3v) is 2.89. The van der Waals surface area contributed by atoms with Gasteiger partial charge in [0.15, 0.2) is 5.78 Å². The Labute approximate surface area is 84.2 Å². The van der Waals surface area contributed by atoms with E-state index in [-0.39, 0.29) is 5.78 Å². The standard InChI is InChI=1S/C9H8BrNO2/c1-5-6(10)4-11-9-8(5)7(12)2-3-13-9/h4H,2-3H2,1H3. The first-order valence-electron chi connectivity index (χ1n) is 4.01. The van der Waals surface area contributed by atoms with E-state index in [1.165, 1.54) is 0 Å². The predicted molar refractivity (Wildman–Crippen MR) is 51.1 cm³/mol. The lowest BCUT2D eigenvalue weighted by Gasteiger charge is -2.17.